The fourth-order valence-electron chi connectivity index (χ4n) is 6.17. The number of carbonyl (C=O) groups is 4. The molecule has 4 amide bonds. The number of hydrogen-bond donors (Lipinski definition) is 4. The molecule has 0 fully saturated rings. The molecule has 0 bridgehead atoms. The number of carbonyl (C=O) groups excluding carboxylic acids is 4. The quantitative estimate of drug-likeness (QED) is 0.0666. The van der Waals surface area contributed by atoms with Crippen molar-refractivity contribution in [3.05, 3.63) is 144 Å². The molecule has 4 aromatic rings. The smallest absolute Gasteiger partial charge is 0.408 e. The predicted octanol–water partition coefficient (Wildman–Crippen LogP) is 7.57. The molecular formula is C44H55N4O8P. The lowest BCUT2D eigenvalue weighted by Gasteiger charge is -2.36. The van der Waals surface area contributed by atoms with Crippen LogP contribution >= 0.6 is 7.37 Å². The van der Waals surface area contributed by atoms with Crippen LogP contribution in [0.1, 0.15) is 56.9 Å². The van der Waals surface area contributed by atoms with E-state index >= 15 is 4.57 Å². The highest BCUT2D eigenvalue weighted by Crippen LogP contribution is 2.56. The maximum atomic E-state index is 15.8. The molecule has 0 aliphatic rings. The third-order valence-corrected chi connectivity index (χ3v) is 12.3. The molecule has 0 heterocycles. The molecule has 57 heavy (non-hydrogen) atoms. The van der Waals surface area contributed by atoms with Crippen LogP contribution in [-0.4, -0.2) is 54.3 Å². The largest absolute Gasteiger partial charge is 0.445 e. The number of ether oxygens (including phenoxy) is 2. The van der Waals surface area contributed by atoms with Crippen molar-refractivity contribution < 1.29 is 37.7 Å². The van der Waals surface area contributed by atoms with Gasteiger partial charge in [-0.3, -0.25) is 14.2 Å². The SMILES string of the molecule is CCOP(=O)(C(Cc1ccccc1)NC(=O)[C@@H](NC(=O)OCc1ccccc1)C(C)C)C(Cc1ccccc1)NC(=O)[C@@H](NC(=O)OCc1ccccc1)C(C)C. The van der Waals surface area contributed by atoms with Crippen LogP contribution in [0, 0.1) is 11.8 Å². The summed E-state index contributed by atoms with van der Waals surface area (Å²) in [5.41, 5.74) is 3.08. The van der Waals surface area contributed by atoms with Gasteiger partial charge in [-0.2, -0.15) is 0 Å². The number of rotatable bonds is 20. The summed E-state index contributed by atoms with van der Waals surface area (Å²) in [7, 11) is -4.14. The summed E-state index contributed by atoms with van der Waals surface area (Å²) in [5.74, 6) is -4.31. The van der Waals surface area contributed by atoms with Crippen molar-refractivity contribution in [3.63, 3.8) is 0 Å². The van der Waals surface area contributed by atoms with Crippen molar-refractivity contribution in [2.45, 2.75) is 84.3 Å². The Labute approximate surface area is 335 Å². The van der Waals surface area contributed by atoms with Crippen LogP contribution in [0.25, 0.3) is 0 Å². The molecule has 0 aliphatic carbocycles. The van der Waals surface area contributed by atoms with Crippen LogP contribution in [0.5, 0.6) is 0 Å². The Morgan fingerprint density at radius 2 is 0.825 bits per heavy atom. The second-order valence-corrected chi connectivity index (χ2v) is 17.1. The molecule has 4 N–H and O–H groups in total. The van der Waals surface area contributed by atoms with Crippen LogP contribution < -0.4 is 21.3 Å². The van der Waals surface area contributed by atoms with Gasteiger partial charge in [-0.15, -0.1) is 0 Å². The first-order chi connectivity index (χ1) is 27.4. The van der Waals surface area contributed by atoms with Crippen molar-refractivity contribution >= 4 is 31.4 Å². The van der Waals surface area contributed by atoms with Gasteiger partial charge in [-0.1, -0.05) is 149 Å². The number of benzene rings is 4. The molecule has 0 spiro atoms. The molecule has 0 aromatic heterocycles. The van der Waals surface area contributed by atoms with Crippen LogP contribution in [0.3, 0.4) is 0 Å². The van der Waals surface area contributed by atoms with Gasteiger partial charge >= 0.3 is 12.2 Å². The van der Waals surface area contributed by atoms with Crippen LogP contribution in [0.4, 0.5) is 9.59 Å². The number of alkyl carbamates (subject to hydrolysis) is 2. The number of amides is 4. The standard InChI is InChI=1S/C44H55N4O8P/c1-6-56-57(53,37(27-33-19-11-7-12-20-33)45-41(49)39(31(2)3)47-43(51)54-29-35-23-15-9-16-24-35)38(28-34-21-13-8-14-22-34)46-42(50)40(32(4)5)48-44(52)55-30-36-25-17-10-18-26-36/h7-26,31-32,37-40H,6,27-30H2,1-5H3,(H,45,49)(H,46,50)(H,47,51)(H,48,52)/t37?,38?,39-,40-,57?/m0/s1. The Bertz CT molecular complexity index is 1770. The Hall–Kier alpha value is -5.45. The monoisotopic (exact) mass is 798 g/mol. The van der Waals surface area contributed by atoms with Crippen molar-refractivity contribution in [1.29, 1.82) is 0 Å². The van der Waals surface area contributed by atoms with E-state index in [1.165, 1.54) is 0 Å². The Morgan fingerprint density at radius 1 is 0.509 bits per heavy atom. The zero-order chi connectivity index (χ0) is 41.2. The highest BCUT2D eigenvalue weighted by molar-refractivity contribution is 7.60. The highest BCUT2D eigenvalue weighted by atomic mass is 31.2. The van der Waals surface area contributed by atoms with E-state index in [0.29, 0.717) is 0 Å². The second kappa shape index (κ2) is 22.3. The van der Waals surface area contributed by atoms with Gasteiger partial charge in [-0.05, 0) is 41.0 Å². The number of nitrogens with one attached hydrogen (secondary N) is 4. The van der Waals surface area contributed by atoms with Gasteiger partial charge in [0.15, 0.2) is 0 Å². The fraction of sp³-hybridized carbons (Fsp3) is 0.364. The van der Waals surface area contributed by atoms with Crippen molar-refractivity contribution in [2.75, 3.05) is 6.61 Å². The predicted molar refractivity (Wildman–Crippen MR) is 220 cm³/mol. The maximum absolute atomic E-state index is 15.8. The van der Waals surface area contributed by atoms with Gasteiger partial charge in [-0.25, -0.2) is 9.59 Å². The average molecular weight is 799 g/mol. The maximum Gasteiger partial charge on any atom is 0.408 e. The highest BCUT2D eigenvalue weighted by Gasteiger charge is 2.45. The molecule has 0 saturated carbocycles. The number of hydrogen-bond acceptors (Lipinski definition) is 8. The minimum Gasteiger partial charge on any atom is -0.445 e. The topological polar surface area (TPSA) is 161 Å². The van der Waals surface area contributed by atoms with E-state index in [2.05, 4.69) is 21.3 Å². The summed E-state index contributed by atoms with van der Waals surface area (Å²) in [6, 6.07) is 34.6. The summed E-state index contributed by atoms with van der Waals surface area (Å²) in [6.07, 6.45) is -1.43. The molecule has 4 rings (SSSR count). The Balaban J connectivity index is 1.65. The Morgan fingerprint density at radius 3 is 1.12 bits per heavy atom. The Kier molecular flexibility index (Phi) is 17.3. The normalized spacial score (nSPS) is 14.3. The zero-order valence-corrected chi connectivity index (χ0v) is 34.2. The molecule has 12 nitrogen and oxygen atoms in total. The van der Waals surface area contributed by atoms with E-state index in [4.69, 9.17) is 14.0 Å². The van der Waals surface area contributed by atoms with Gasteiger partial charge in [0.2, 0.25) is 19.2 Å². The molecule has 0 aliphatic heterocycles. The summed E-state index contributed by atoms with van der Waals surface area (Å²) >= 11 is 0. The molecular weight excluding hydrogens is 743 g/mol. The molecule has 13 heteroatoms. The van der Waals surface area contributed by atoms with E-state index in [1.807, 2.05) is 121 Å². The fourth-order valence-corrected chi connectivity index (χ4v) is 8.91. The van der Waals surface area contributed by atoms with E-state index in [9.17, 15) is 19.2 Å². The van der Waals surface area contributed by atoms with Crippen LogP contribution in [0.2, 0.25) is 0 Å². The zero-order valence-electron chi connectivity index (χ0n) is 33.3. The van der Waals surface area contributed by atoms with E-state index < -0.39 is 66.9 Å². The average Bonchev–Trinajstić information content (AvgIpc) is 3.21. The van der Waals surface area contributed by atoms with Gasteiger partial charge < -0.3 is 35.3 Å². The van der Waals surface area contributed by atoms with Crippen molar-refractivity contribution in [3.8, 4) is 0 Å². The van der Waals surface area contributed by atoms with Crippen LogP contribution in [-0.2, 0) is 54.2 Å². The first-order valence-corrected chi connectivity index (χ1v) is 21.0. The molecule has 4 atom stereocenters. The van der Waals surface area contributed by atoms with Gasteiger partial charge in [0.05, 0.1) is 6.61 Å². The third-order valence-electron chi connectivity index (χ3n) is 9.23. The second-order valence-electron chi connectivity index (χ2n) is 14.3. The lowest BCUT2D eigenvalue weighted by Crippen LogP contribution is -2.55. The van der Waals surface area contributed by atoms with Gasteiger partial charge in [0, 0.05) is 12.8 Å². The molecule has 0 radical (unpaired) electrons. The third kappa shape index (κ3) is 13.9. The molecule has 0 saturated heterocycles. The minimum atomic E-state index is -4.14. The molecule has 2 unspecified atom stereocenters. The molecule has 304 valence electrons. The summed E-state index contributed by atoms with van der Waals surface area (Å²) in [4.78, 5) is 54.4. The van der Waals surface area contributed by atoms with Crippen LogP contribution in [0.15, 0.2) is 121 Å². The van der Waals surface area contributed by atoms with E-state index in [0.717, 1.165) is 22.3 Å². The first kappa shape index (κ1) is 44.3. The lowest BCUT2D eigenvalue weighted by molar-refractivity contribution is -0.124. The first-order valence-electron chi connectivity index (χ1n) is 19.3. The minimum absolute atomic E-state index is 0.00502. The van der Waals surface area contributed by atoms with E-state index in [-0.39, 0.29) is 32.7 Å². The van der Waals surface area contributed by atoms with Crippen molar-refractivity contribution in [1.82, 2.24) is 21.3 Å². The van der Waals surface area contributed by atoms with Gasteiger partial charge in [0.1, 0.15) is 36.9 Å². The summed E-state index contributed by atoms with van der Waals surface area (Å²) in [5, 5.41) is 11.3. The summed E-state index contributed by atoms with van der Waals surface area (Å²) in [6.45, 7) is 8.81. The molecule has 4 aromatic carbocycles. The van der Waals surface area contributed by atoms with Gasteiger partial charge in [0.25, 0.3) is 0 Å². The van der Waals surface area contributed by atoms with E-state index in [1.54, 1.807) is 34.6 Å². The van der Waals surface area contributed by atoms with Crippen molar-refractivity contribution in [2.24, 2.45) is 11.8 Å². The lowest BCUT2D eigenvalue weighted by atomic mass is 10.0. The summed E-state index contributed by atoms with van der Waals surface area (Å²) < 4.78 is 32.8.